The number of amides is 1. The lowest BCUT2D eigenvalue weighted by Crippen LogP contribution is -2.52. The van der Waals surface area contributed by atoms with E-state index in [-0.39, 0.29) is 12.5 Å². The Morgan fingerprint density at radius 3 is 3.11 bits per heavy atom. The Balaban J connectivity index is 1.25. The van der Waals surface area contributed by atoms with Crippen molar-refractivity contribution < 1.29 is 13.9 Å². The molecule has 7 nitrogen and oxygen atoms in total. The summed E-state index contributed by atoms with van der Waals surface area (Å²) < 4.78 is 11.3. The lowest BCUT2D eigenvalue weighted by molar-refractivity contribution is 0.0565. The van der Waals surface area contributed by atoms with E-state index in [0.717, 1.165) is 37.1 Å². The van der Waals surface area contributed by atoms with Crippen LogP contribution in [-0.4, -0.2) is 57.9 Å². The van der Waals surface area contributed by atoms with Gasteiger partial charge in [0.25, 0.3) is 5.91 Å². The summed E-state index contributed by atoms with van der Waals surface area (Å²) in [6.45, 7) is 3.77. The van der Waals surface area contributed by atoms with Crippen LogP contribution >= 0.6 is 0 Å². The molecular weight excluding hydrogens is 356 g/mol. The second-order valence-electron chi connectivity index (χ2n) is 7.33. The minimum absolute atomic E-state index is 0.0617. The van der Waals surface area contributed by atoms with Gasteiger partial charge in [-0.05, 0) is 31.5 Å². The predicted molar refractivity (Wildman–Crippen MR) is 103 cm³/mol. The van der Waals surface area contributed by atoms with E-state index < -0.39 is 0 Å². The molecule has 0 spiro atoms. The minimum atomic E-state index is -0.0617. The number of ether oxygens (including phenoxy) is 1. The number of piperazine rings is 1. The van der Waals surface area contributed by atoms with Crippen molar-refractivity contribution in [3.8, 4) is 5.75 Å². The number of para-hydroxylation sites is 1. The first-order chi connectivity index (χ1) is 13.8. The molecule has 28 heavy (non-hydrogen) atoms. The molecule has 144 valence electrons. The standard InChI is InChI=1S/C21H22N4O3/c26-21(25-11-10-24-9-3-6-16(24)12-25)17-13-28-19(23-17)14-27-18-7-1-4-15-5-2-8-22-20(15)18/h1-2,4-5,7-8,13,16H,3,6,9-12,14H2. The van der Waals surface area contributed by atoms with Crippen molar-refractivity contribution in [2.75, 3.05) is 26.2 Å². The Hall–Kier alpha value is -2.93. The summed E-state index contributed by atoms with van der Waals surface area (Å²) in [5.41, 5.74) is 1.14. The number of benzene rings is 1. The van der Waals surface area contributed by atoms with Gasteiger partial charge in [0.15, 0.2) is 12.3 Å². The van der Waals surface area contributed by atoms with Crippen molar-refractivity contribution in [1.29, 1.82) is 0 Å². The monoisotopic (exact) mass is 378 g/mol. The third-order valence-electron chi connectivity index (χ3n) is 5.59. The zero-order valence-corrected chi connectivity index (χ0v) is 15.6. The number of pyridine rings is 1. The van der Waals surface area contributed by atoms with Gasteiger partial charge in [-0.3, -0.25) is 14.7 Å². The van der Waals surface area contributed by atoms with Crippen molar-refractivity contribution in [3.63, 3.8) is 0 Å². The Kier molecular flexibility index (Phi) is 4.44. The number of carbonyl (C=O) groups excluding carboxylic acids is 1. The van der Waals surface area contributed by atoms with Gasteiger partial charge >= 0.3 is 0 Å². The normalized spacial score (nSPS) is 19.7. The molecule has 1 atom stereocenters. The van der Waals surface area contributed by atoms with Gasteiger partial charge in [0.1, 0.15) is 17.5 Å². The average molecular weight is 378 g/mol. The summed E-state index contributed by atoms with van der Waals surface area (Å²) in [5, 5.41) is 1.01. The highest BCUT2D eigenvalue weighted by Gasteiger charge is 2.33. The largest absolute Gasteiger partial charge is 0.482 e. The van der Waals surface area contributed by atoms with E-state index in [1.54, 1.807) is 6.20 Å². The van der Waals surface area contributed by atoms with Gasteiger partial charge in [0, 0.05) is 37.3 Å². The molecule has 1 unspecified atom stereocenters. The van der Waals surface area contributed by atoms with Gasteiger partial charge in [0.2, 0.25) is 5.89 Å². The van der Waals surface area contributed by atoms with Crippen LogP contribution in [0, 0.1) is 0 Å². The summed E-state index contributed by atoms with van der Waals surface area (Å²) in [6, 6.07) is 10.1. The summed E-state index contributed by atoms with van der Waals surface area (Å²) in [7, 11) is 0. The molecule has 2 saturated heterocycles. The SMILES string of the molecule is O=C(c1coc(COc2cccc3cccnc23)n1)N1CCN2CCCC2C1. The highest BCUT2D eigenvalue weighted by molar-refractivity contribution is 5.92. The van der Waals surface area contributed by atoms with Crippen LogP contribution in [0.25, 0.3) is 10.9 Å². The molecule has 0 N–H and O–H groups in total. The molecule has 4 heterocycles. The zero-order valence-electron chi connectivity index (χ0n) is 15.6. The topological polar surface area (TPSA) is 71.7 Å². The molecule has 1 amide bonds. The van der Waals surface area contributed by atoms with Crippen LogP contribution in [0.5, 0.6) is 5.75 Å². The molecule has 2 aromatic heterocycles. The first kappa shape index (κ1) is 17.2. The number of hydrogen-bond acceptors (Lipinski definition) is 6. The van der Waals surface area contributed by atoms with Crippen LogP contribution in [0.3, 0.4) is 0 Å². The van der Waals surface area contributed by atoms with Crippen LogP contribution in [-0.2, 0) is 6.61 Å². The molecule has 0 bridgehead atoms. The number of aromatic nitrogens is 2. The van der Waals surface area contributed by atoms with Crippen LogP contribution in [0.1, 0.15) is 29.2 Å². The fourth-order valence-corrected chi connectivity index (χ4v) is 4.15. The predicted octanol–water partition coefficient (Wildman–Crippen LogP) is 2.72. The van der Waals surface area contributed by atoms with E-state index in [4.69, 9.17) is 9.15 Å². The molecule has 3 aromatic rings. The molecule has 2 aliphatic rings. The molecule has 0 saturated carbocycles. The smallest absolute Gasteiger partial charge is 0.275 e. The Morgan fingerprint density at radius 1 is 1.21 bits per heavy atom. The lowest BCUT2D eigenvalue weighted by Gasteiger charge is -2.37. The highest BCUT2D eigenvalue weighted by atomic mass is 16.5. The quantitative estimate of drug-likeness (QED) is 0.695. The molecule has 5 rings (SSSR count). The van der Waals surface area contributed by atoms with Gasteiger partial charge in [-0.15, -0.1) is 0 Å². The van der Waals surface area contributed by atoms with Gasteiger partial charge in [0.05, 0.1) is 0 Å². The van der Waals surface area contributed by atoms with E-state index >= 15 is 0 Å². The third-order valence-corrected chi connectivity index (χ3v) is 5.59. The summed E-state index contributed by atoms with van der Waals surface area (Å²) in [4.78, 5) is 25.9. The van der Waals surface area contributed by atoms with E-state index in [1.807, 2.05) is 35.2 Å². The van der Waals surface area contributed by atoms with Gasteiger partial charge in [-0.25, -0.2) is 4.98 Å². The molecule has 2 aliphatic heterocycles. The summed E-state index contributed by atoms with van der Waals surface area (Å²) in [6.07, 6.45) is 5.56. The number of rotatable bonds is 4. The Labute approximate surface area is 162 Å². The van der Waals surface area contributed by atoms with Crippen LogP contribution < -0.4 is 4.74 Å². The van der Waals surface area contributed by atoms with Crippen LogP contribution in [0.2, 0.25) is 0 Å². The van der Waals surface area contributed by atoms with Crippen molar-refractivity contribution in [3.05, 3.63) is 54.4 Å². The second kappa shape index (κ2) is 7.24. The molecule has 2 fully saturated rings. The molecule has 0 aliphatic carbocycles. The number of hydrogen-bond donors (Lipinski definition) is 0. The summed E-state index contributed by atoms with van der Waals surface area (Å²) >= 11 is 0. The molecule has 0 radical (unpaired) electrons. The lowest BCUT2D eigenvalue weighted by atomic mass is 10.1. The number of nitrogens with zero attached hydrogens (tertiary/aromatic N) is 4. The maximum Gasteiger partial charge on any atom is 0.275 e. The molecule has 1 aromatic carbocycles. The Bertz CT molecular complexity index is 997. The minimum Gasteiger partial charge on any atom is -0.482 e. The van der Waals surface area contributed by atoms with Crippen molar-refractivity contribution in [1.82, 2.24) is 19.8 Å². The fourth-order valence-electron chi connectivity index (χ4n) is 4.15. The van der Waals surface area contributed by atoms with Gasteiger partial charge in [-0.2, -0.15) is 0 Å². The van der Waals surface area contributed by atoms with Crippen LogP contribution in [0.15, 0.2) is 47.2 Å². The fraction of sp³-hybridized carbons (Fsp3) is 0.381. The maximum absolute atomic E-state index is 12.8. The first-order valence-corrected chi connectivity index (χ1v) is 9.72. The van der Waals surface area contributed by atoms with E-state index in [0.29, 0.717) is 23.4 Å². The van der Waals surface area contributed by atoms with Crippen molar-refractivity contribution >= 4 is 16.8 Å². The number of carbonyl (C=O) groups is 1. The number of fused-ring (bicyclic) bond motifs is 2. The van der Waals surface area contributed by atoms with Gasteiger partial charge < -0.3 is 14.1 Å². The average Bonchev–Trinajstić information content (AvgIpc) is 3.40. The van der Waals surface area contributed by atoms with Crippen molar-refractivity contribution in [2.24, 2.45) is 0 Å². The third kappa shape index (κ3) is 3.22. The Morgan fingerprint density at radius 2 is 2.14 bits per heavy atom. The second-order valence-corrected chi connectivity index (χ2v) is 7.33. The van der Waals surface area contributed by atoms with E-state index in [9.17, 15) is 4.79 Å². The van der Waals surface area contributed by atoms with Crippen LogP contribution in [0.4, 0.5) is 0 Å². The van der Waals surface area contributed by atoms with E-state index in [2.05, 4.69) is 14.9 Å². The van der Waals surface area contributed by atoms with Crippen molar-refractivity contribution in [2.45, 2.75) is 25.5 Å². The molecular formula is C21H22N4O3. The van der Waals surface area contributed by atoms with Gasteiger partial charge in [-0.1, -0.05) is 18.2 Å². The first-order valence-electron chi connectivity index (χ1n) is 9.72. The molecule has 7 heteroatoms. The zero-order chi connectivity index (χ0) is 18.9. The highest BCUT2D eigenvalue weighted by Crippen LogP contribution is 2.24. The summed E-state index contributed by atoms with van der Waals surface area (Å²) in [5.74, 6) is 0.991. The maximum atomic E-state index is 12.8. The number of oxazole rings is 1. The van der Waals surface area contributed by atoms with E-state index in [1.165, 1.54) is 19.1 Å².